The molecule has 150 valence electrons. The average molecular weight is 383 g/mol. The lowest BCUT2D eigenvalue weighted by atomic mass is 10.0. The molecule has 0 atom stereocenters. The van der Waals surface area contributed by atoms with Crippen LogP contribution in [0.4, 0.5) is 0 Å². The summed E-state index contributed by atoms with van der Waals surface area (Å²) in [5.41, 5.74) is 3.77. The van der Waals surface area contributed by atoms with Gasteiger partial charge in [-0.25, -0.2) is 0 Å². The fourth-order valence-electron chi connectivity index (χ4n) is 3.68. The molecule has 0 fully saturated rings. The van der Waals surface area contributed by atoms with E-state index in [1.54, 1.807) is 13.2 Å². The number of hydrogen-bond donors (Lipinski definition) is 0. The van der Waals surface area contributed by atoms with Gasteiger partial charge in [-0.15, -0.1) is 0 Å². The first-order valence-electron chi connectivity index (χ1n) is 9.72. The molecule has 2 heterocycles. The van der Waals surface area contributed by atoms with Crippen LogP contribution in [0.15, 0.2) is 24.4 Å². The Hall–Kier alpha value is -2.63. The molecular weight excluding hydrogens is 354 g/mol. The summed E-state index contributed by atoms with van der Waals surface area (Å²) in [5, 5.41) is 4.51. The SMILES string of the molecule is COc1ccc(C)cc1C(=O)CCC(=O)N1CCc2c(cnn2C(C)(C)C)C1. The van der Waals surface area contributed by atoms with Crippen LogP contribution in [0.1, 0.15) is 60.8 Å². The predicted octanol–water partition coefficient (Wildman–Crippen LogP) is 3.50. The van der Waals surface area contributed by atoms with Crippen LogP contribution in [-0.2, 0) is 23.3 Å². The minimum atomic E-state index is -0.0704. The summed E-state index contributed by atoms with van der Waals surface area (Å²) < 4.78 is 7.34. The van der Waals surface area contributed by atoms with Crippen molar-refractivity contribution >= 4 is 11.7 Å². The van der Waals surface area contributed by atoms with Gasteiger partial charge in [0.1, 0.15) is 5.75 Å². The highest BCUT2D eigenvalue weighted by Crippen LogP contribution is 2.25. The largest absolute Gasteiger partial charge is 0.496 e. The minimum absolute atomic E-state index is 0.00845. The van der Waals surface area contributed by atoms with Gasteiger partial charge in [-0.2, -0.15) is 5.10 Å². The van der Waals surface area contributed by atoms with Gasteiger partial charge in [-0.1, -0.05) is 11.6 Å². The van der Waals surface area contributed by atoms with Crippen LogP contribution in [0.5, 0.6) is 5.75 Å². The van der Waals surface area contributed by atoms with Gasteiger partial charge in [0.2, 0.25) is 5.91 Å². The molecule has 1 aliphatic heterocycles. The quantitative estimate of drug-likeness (QED) is 0.741. The molecule has 0 aliphatic carbocycles. The molecule has 1 aromatic heterocycles. The van der Waals surface area contributed by atoms with Crippen LogP contribution in [-0.4, -0.2) is 40.0 Å². The van der Waals surface area contributed by atoms with Gasteiger partial charge >= 0.3 is 0 Å². The first-order chi connectivity index (χ1) is 13.2. The Morgan fingerprint density at radius 1 is 1.21 bits per heavy atom. The van der Waals surface area contributed by atoms with Crippen LogP contribution < -0.4 is 4.74 Å². The van der Waals surface area contributed by atoms with Crippen molar-refractivity contribution in [2.24, 2.45) is 0 Å². The van der Waals surface area contributed by atoms with Crippen LogP contribution in [0.25, 0.3) is 0 Å². The zero-order valence-electron chi connectivity index (χ0n) is 17.4. The number of aryl methyl sites for hydroxylation is 1. The van der Waals surface area contributed by atoms with Crippen molar-refractivity contribution < 1.29 is 14.3 Å². The lowest BCUT2D eigenvalue weighted by molar-refractivity contribution is -0.132. The number of benzene rings is 1. The Balaban J connectivity index is 1.63. The highest BCUT2D eigenvalue weighted by atomic mass is 16.5. The zero-order valence-corrected chi connectivity index (χ0v) is 17.4. The van der Waals surface area contributed by atoms with E-state index in [2.05, 4.69) is 30.6 Å². The Morgan fingerprint density at radius 3 is 2.64 bits per heavy atom. The van der Waals surface area contributed by atoms with Crippen LogP contribution >= 0.6 is 0 Å². The average Bonchev–Trinajstić information content (AvgIpc) is 3.09. The second-order valence-electron chi connectivity index (χ2n) is 8.39. The van der Waals surface area contributed by atoms with Gasteiger partial charge in [0, 0.05) is 43.6 Å². The summed E-state index contributed by atoms with van der Waals surface area (Å²) >= 11 is 0. The summed E-state index contributed by atoms with van der Waals surface area (Å²) in [5.74, 6) is 0.501. The lowest BCUT2D eigenvalue weighted by Gasteiger charge is -2.30. The fraction of sp³-hybridized carbons (Fsp3) is 0.500. The summed E-state index contributed by atoms with van der Waals surface area (Å²) in [6, 6.07) is 5.52. The number of carbonyl (C=O) groups excluding carboxylic acids is 2. The van der Waals surface area contributed by atoms with E-state index in [4.69, 9.17) is 4.74 Å². The van der Waals surface area contributed by atoms with Crippen molar-refractivity contribution in [2.45, 2.75) is 59.0 Å². The highest BCUT2D eigenvalue weighted by molar-refractivity contribution is 6.00. The number of hydrogen-bond acceptors (Lipinski definition) is 4. The number of amides is 1. The normalized spacial score (nSPS) is 14.0. The Morgan fingerprint density at radius 2 is 1.96 bits per heavy atom. The second kappa shape index (κ2) is 7.78. The molecule has 1 aliphatic rings. The van der Waals surface area contributed by atoms with Crippen LogP contribution in [0, 0.1) is 6.92 Å². The maximum Gasteiger partial charge on any atom is 0.223 e. The molecule has 0 spiro atoms. The molecule has 0 radical (unpaired) electrons. The van der Waals surface area contributed by atoms with Crippen molar-refractivity contribution in [3.63, 3.8) is 0 Å². The fourth-order valence-corrected chi connectivity index (χ4v) is 3.68. The molecule has 1 aromatic carbocycles. The monoisotopic (exact) mass is 383 g/mol. The first-order valence-corrected chi connectivity index (χ1v) is 9.72. The Labute approximate surface area is 166 Å². The van der Waals surface area contributed by atoms with Crippen molar-refractivity contribution in [1.29, 1.82) is 0 Å². The van der Waals surface area contributed by atoms with Crippen LogP contribution in [0.3, 0.4) is 0 Å². The number of Topliss-reactive ketones (excluding diaryl/α,β-unsaturated/α-hetero) is 1. The molecule has 1 amide bonds. The highest BCUT2D eigenvalue weighted by Gasteiger charge is 2.27. The summed E-state index contributed by atoms with van der Waals surface area (Å²) in [7, 11) is 1.55. The van der Waals surface area contributed by atoms with Crippen molar-refractivity contribution in [2.75, 3.05) is 13.7 Å². The molecular formula is C22H29N3O3. The van der Waals surface area contributed by atoms with E-state index >= 15 is 0 Å². The molecule has 2 aromatic rings. The van der Waals surface area contributed by atoms with Crippen molar-refractivity contribution in [3.05, 3.63) is 46.8 Å². The number of nitrogens with zero attached hydrogens (tertiary/aromatic N) is 3. The standard InChI is InChI=1S/C22H29N3O3/c1-15-6-8-20(28-5)17(12-15)19(26)7-9-21(27)24-11-10-18-16(14-24)13-23-25(18)22(2,3)4/h6,8,12-13H,7,9-11,14H2,1-5H3. The molecule has 0 N–H and O–H groups in total. The topological polar surface area (TPSA) is 64.4 Å². The summed E-state index contributed by atoms with van der Waals surface area (Å²) in [6.45, 7) is 9.54. The summed E-state index contributed by atoms with van der Waals surface area (Å²) in [6.07, 6.45) is 3.04. The van der Waals surface area contributed by atoms with E-state index in [9.17, 15) is 9.59 Å². The number of carbonyl (C=O) groups is 2. The Kier molecular flexibility index (Phi) is 5.59. The summed E-state index contributed by atoms with van der Waals surface area (Å²) in [4.78, 5) is 27.1. The van der Waals surface area contributed by atoms with Crippen molar-refractivity contribution in [1.82, 2.24) is 14.7 Å². The molecule has 6 heteroatoms. The number of ketones is 1. The molecule has 6 nitrogen and oxygen atoms in total. The molecule has 0 saturated carbocycles. The molecule has 0 bridgehead atoms. The third-order valence-corrected chi connectivity index (χ3v) is 5.14. The number of fused-ring (bicyclic) bond motifs is 1. The molecule has 0 saturated heterocycles. The second-order valence-corrected chi connectivity index (χ2v) is 8.39. The van der Waals surface area contributed by atoms with Gasteiger partial charge in [-0.3, -0.25) is 14.3 Å². The van der Waals surface area contributed by atoms with E-state index in [-0.39, 0.29) is 30.1 Å². The molecule has 3 rings (SSSR count). The number of rotatable bonds is 5. The van der Waals surface area contributed by atoms with Gasteiger partial charge in [0.25, 0.3) is 0 Å². The van der Waals surface area contributed by atoms with E-state index in [0.29, 0.717) is 24.4 Å². The van der Waals surface area contributed by atoms with E-state index in [1.165, 1.54) is 5.69 Å². The smallest absolute Gasteiger partial charge is 0.223 e. The third kappa shape index (κ3) is 4.11. The first kappa shape index (κ1) is 20.1. The molecule has 28 heavy (non-hydrogen) atoms. The zero-order chi connectivity index (χ0) is 20.5. The number of methoxy groups -OCH3 is 1. The number of aromatic nitrogens is 2. The van der Waals surface area contributed by atoms with Gasteiger partial charge in [0.05, 0.1) is 24.4 Å². The maximum absolute atomic E-state index is 12.7. The van der Waals surface area contributed by atoms with E-state index in [1.807, 2.05) is 30.2 Å². The van der Waals surface area contributed by atoms with Gasteiger partial charge < -0.3 is 9.64 Å². The van der Waals surface area contributed by atoms with Gasteiger partial charge in [-0.05, 0) is 39.8 Å². The predicted molar refractivity (Wildman–Crippen MR) is 108 cm³/mol. The van der Waals surface area contributed by atoms with Crippen molar-refractivity contribution in [3.8, 4) is 5.75 Å². The van der Waals surface area contributed by atoms with E-state index < -0.39 is 0 Å². The third-order valence-electron chi connectivity index (χ3n) is 5.14. The van der Waals surface area contributed by atoms with E-state index in [0.717, 1.165) is 17.5 Å². The van der Waals surface area contributed by atoms with Gasteiger partial charge in [0.15, 0.2) is 5.78 Å². The minimum Gasteiger partial charge on any atom is -0.496 e. The van der Waals surface area contributed by atoms with Crippen LogP contribution in [0.2, 0.25) is 0 Å². The maximum atomic E-state index is 12.7. The Bertz CT molecular complexity index is 893. The lowest BCUT2D eigenvalue weighted by Crippen LogP contribution is -2.37. The molecule has 0 unspecified atom stereocenters. The number of ether oxygens (including phenoxy) is 1.